The van der Waals surface area contributed by atoms with Crippen LogP contribution in [0.2, 0.25) is 0 Å². The van der Waals surface area contributed by atoms with E-state index in [9.17, 15) is 9.59 Å². The zero-order valence-corrected chi connectivity index (χ0v) is 11.2. The van der Waals surface area contributed by atoms with Crippen molar-refractivity contribution in [1.82, 2.24) is 10.6 Å². The Morgan fingerprint density at radius 3 is 2.89 bits per heavy atom. The number of hydrogen-bond acceptors (Lipinski definition) is 4. The molecule has 6 heteroatoms. The molecule has 0 radical (unpaired) electrons. The highest BCUT2D eigenvalue weighted by molar-refractivity contribution is 7.10. The van der Waals surface area contributed by atoms with Gasteiger partial charge in [-0.2, -0.15) is 0 Å². The fourth-order valence-electron chi connectivity index (χ4n) is 1.56. The van der Waals surface area contributed by atoms with Crippen molar-refractivity contribution < 1.29 is 14.0 Å². The van der Waals surface area contributed by atoms with Gasteiger partial charge in [0.2, 0.25) is 5.91 Å². The first kappa shape index (κ1) is 13.4. The zero-order chi connectivity index (χ0) is 13.7. The summed E-state index contributed by atoms with van der Waals surface area (Å²) in [5.41, 5.74) is 0.402. The van der Waals surface area contributed by atoms with Crippen LogP contribution in [0.4, 0.5) is 0 Å². The van der Waals surface area contributed by atoms with Gasteiger partial charge in [-0.15, -0.1) is 11.3 Å². The van der Waals surface area contributed by atoms with Crippen molar-refractivity contribution in [3.05, 3.63) is 46.5 Å². The molecule has 1 atom stereocenters. The molecule has 2 aromatic rings. The van der Waals surface area contributed by atoms with Crippen LogP contribution in [0.3, 0.4) is 0 Å². The number of hydrogen-bond donors (Lipinski definition) is 2. The minimum absolute atomic E-state index is 0.0558. The van der Waals surface area contributed by atoms with E-state index in [1.807, 2.05) is 24.4 Å². The standard InChI is InChI=1S/C13H14N2O3S/c1-9(11-3-2-6-19-11)15-12(16)7-14-13(17)10-4-5-18-8-10/h2-6,8-9H,7H2,1H3,(H,14,17)(H,15,16)/t9-/m0/s1. The number of thiophene rings is 1. The molecule has 0 saturated carbocycles. The van der Waals surface area contributed by atoms with Crippen LogP contribution >= 0.6 is 11.3 Å². The first-order valence-electron chi connectivity index (χ1n) is 5.80. The Morgan fingerprint density at radius 2 is 2.26 bits per heavy atom. The molecule has 0 aliphatic heterocycles. The van der Waals surface area contributed by atoms with E-state index >= 15 is 0 Å². The van der Waals surface area contributed by atoms with Crippen LogP contribution in [0.15, 0.2) is 40.5 Å². The van der Waals surface area contributed by atoms with E-state index in [1.54, 1.807) is 17.4 Å². The number of nitrogens with one attached hydrogen (secondary N) is 2. The van der Waals surface area contributed by atoms with Crippen LogP contribution in [-0.2, 0) is 4.79 Å². The van der Waals surface area contributed by atoms with Gasteiger partial charge < -0.3 is 15.1 Å². The molecule has 0 fully saturated rings. The van der Waals surface area contributed by atoms with Gasteiger partial charge in [-0.25, -0.2) is 0 Å². The summed E-state index contributed by atoms with van der Waals surface area (Å²) in [7, 11) is 0. The van der Waals surface area contributed by atoms with E-state index in [-0.39, 0.29) is 24.4 Å². The molecule has 0 aliphatic carbocycles. The Labute approximate surface area is 114 Å². The van der Waals surface area contributed by atoms with Crippen LogP contribution in [0.5, 0.6) is 0 Å². The van der Waals surface area contributed by atoms with E-state index in [0.29, 0.717) is 5.56 Å². The van der Waals surface area contributed by atoms with E-state index in [1.165, 1.54) is 12.5 Å². The van der Waals surface area contributed by atoms with Crippen LogP contribution in [0, 0.1) is 0 Å². The van der Waals surface area contributed by atoms with Crippen LogP contribution in [-0.4, -0.2) is 18.4 Å². The van der Waals surface area contributed by atoms with Crippen molar-refractivity contribution in [1.29, 1.82) is 0 Å². The van der Waals surface area contributed by atoms with Gasteiger partial charge in [-0.1, -0.05) is 6.07 Å². The second kappa shape index (κ2) is 6.19. The van der Waals surface area contributed by atoms with Gasteiger partial charge in [0, 0.05) is 4.88 Å². The normalized spacial score (nSPS) is 11.8. The molecule has 0 bridgehead atoms. The fourth-order valence-corrected chi connectivity index (χ4v) is 2.29. The molecule has 0 spiro atoms. The molecule has 2 N–H and O–H groups in total. The predicted octanol–water partition coefficient (Wildman–Crippen LogP) is 1.95. The molecular formula is C13H14N2O3S. The molecule has 100 valence electrons. The molecule has 2 heterocycles. The lowest BCUT2D eigenvalue weighted by atomic mass is 10.2. The molecule has 0 aromatic carbocycles. The van der Waals surface area contributed by atoms with E-state index in [2.05, 4.69) is 10.6 Å². The Kier molecular flexibility index (Phi) is 4.35. The third-order valence-corrected chi connectivity index (χ3v) is 3.60. The van der Waals surface area contributed by atoms with Gasteiger partial charge >= 0.3 is 0 Å². The number of rotatable bonds is 5. The predicted molar refractivity (Wildman–Crippen MR) is 71.9 cm³/mol. The van der Waals surface area contributed by atoms with Crippen molar-refractivity contribution in [3.63, 3.8) is 0 Å². The molecule has 2 rings (SSSR count). The first-order chi connectivity index (χ1) is 9.16. The zero-order valence-electron chi connectivity index (χ0n) is 10.4. The van der Waals surface area contributed by atoms with Gasteiger partial charge in [0.15, 0.2) is 0 Å². The number of furan rings is 1. The van der Waals surface area contributed by atoms with E-state index in [4.69, 9.17) is 4.42 Å². The summed E-state index contributed by atoms with van der Waals surface area (Å²) in [6, 6.07) is 5.38. The minimum Gasteiger partial charge on any atom is -0.472 e. The quantitative estimate of drug-likeness (QED) is 0.878. The second-order valence-corrected chi connectivity index (χ2v) is 4.98. The molecule has 2 amide bonds. The summed E-state index contributed by atoms with van der Waals surface area (Å²) in [5, 5.41) is 7.30. The maximum absolute atomic E-state index is 11.7. The van der Waals surface area contributed by atoms with Crippen molar-refractivity contribution in [3.8, 4) is 0 Å². The van der Waals surface area contributed by atoms with Crippen LogP contribution < -0.4 is 10.6 Å². The molecular weight excluding hydrogens is 264 g/mol. The van der Waals surface area contributed by atoms with Crippen molar-refractivity contribution in [2.75, 3.05) is 6.54 Å². The van der Waals surface area contributed by atoms with Crippen LogP contribution in [0.25, 0.3) is 0 Å². The first-order valence-corrected chi connectivity index (χ1v) is 6.68. The summed E-state index contributed by atoms with van der Waals surface area (Å²) >= 11 is 1.58. The molecule has 5 nitrogen and oxygen atoms in total. The summed E-state index contributed by atoms with van der Waals surface area (Å²) in [5.74, 6) is -0.551. The lowest BCUT2D eigenvalue weighted by molar-refractivity contribution is -0.120. The van der Waals surface area contributed by atoms with E-state index < -0.39 is 0 Å². The number of carbonyl (C=O) groups is 2. The highest BCUT2D eigenvalue weighted by Crippen LogP contribution is 2.17. The monoisotopic (exact) mass is 278 g/mol. The topological polar surface area (TPSA) is 71.3 Å². The molecule has 2 aromatic heterocycles. The summed E-state index contributed by atoms with van der Waals surface area (Å²) in [4.78, 5) is 24.3. The van der Waals surface area contributed by atoms with Gasteiger partial charge in [-0.05, 0) is 24.4 Å². The third kappa shape index (κ3) is 3.69. The van der Waals surface area contributed by atoms with E-state index in [0.717, 1.165) is 4.88 Å². The van der Waals surface area contributed by atoms with Crippen molar-refractivity contribution >= 4 is 23.2 Å². The van der Waals surface area contributed by atoms with Crippen molar-refractivity contribution in [2.45, 2.75) is 13.0 Å². The SMILES string of the molecule is C[C@H](NC(=O)CNC(=O)c1ccoc1)c1cccs1. The average Bonchev–Trinajstić information content (AvgIpc) is 3.07. The van der Waals surface area contributed by atoms with Gasteiger partial charge in [-0.3, -0.25) is 9.59 Å². The maximum atomic E-state index is 11.7. The van der Waals surface area contributed by atoms with Crippen molar-refractivity contribution in [2.24, 2.45) is 0 Å². The minimum atomic E-state index is -0.326. The molecule has 0 saturated heterocycles. The third-order valence-electron chi connectivity index (χ3n) is 2.54. The lowest BCUT2D eigenvalue weighted by Gasteiger charge is -2.12. The lowest BCUT2D eigenvalue weighted by Crippen LogP contribution is -2.37. The largest absolute Gasteiger partial charge is 0.472 e. The Balaban J connectivity index is 1.77. The smallest absolute Gasteiger partial charge is 0.254 e. The highest BCUT2D eigenvalue weighted by atomic mass is 32.1. The highest BCUT2D eigenvalue weighted by Gasteiger charge is 2.12. The van der Waals surface area contributed by atoms with Gasteiger partial charge in [0.25, 0.3) is 5.91 Å². The summed E-state index contributed by atoms with van der Waals surface area (Å²) in [6.07, 6.45) is 2.75. The summed E-state index contributed by atoms with van der Waals surface area (Å²) in [6.45, 7) is 1.85. The molecule has 0 unspecified atom stereocenters. The Morgan fingerprint density at radius 1 is 1.42 bits per heavy atom. The maximum Gasteiger partial charge on any atom is 0.254 e. The fraction of sp³-hybridized carbons (Fsp3) is 0.231. The van der Waals surface area contributed by atoms with Gasteiger partial charge in [0.1, 0.15) is 6.26 Å². The van der Waals surface area contributed by atoms with Gasteiger partial charge in [0.05, 0.1) is 24.4 Å². The summed E-state index contributed by atoms with van der Waals surface area (Å²) < 4.78 is 4.80. The van der Waals surface area contributed by atoms with Crippen LogP contribution in [0.1, 0.15) is 28.2 Å². The Hall–Kier alpha value is -2.08. The Bertz CT molecular complexity index is 534. The molecule has 19 heavy (non-hydrogen) atoms. The average molecular weight is 278 g/mol. The molecule has 0 aliphatic rings. The number of carbonyl (C=O) groups excluding carboxylic acids is 2. The number of amides is 2. The second-order valence-electron chi connectivity index (χ2n) is 4.00.